The summed E-state index contributed by atoms with van der Waals surface area (Å²) in [5, 5.41) is 6.66. The molecule has 0 aliphatic carbocycles. The van der Waals surface area contributed by atoms with Crippen molar-refractivity contribution in [2.24, 2.45) is 4.99 Å². The molecule has 1 aromatic carbocycles. The van der Waals surface area contributed by atoms with Crippen LogP contribution < -0.4 is 10.6 Å². The number of guanidine groups is 1. The number of aliphatic imine (C=N–C) groups is 1. The number of aromatic nitrogens is 1. The van der Waals surface area contributed by atoms with E-state index in [2.05, 4.69) is 50.9 Å². The summed E-state index contributed by atoms with van der Waals surface area (Å²) >= 11 is 0. The smallest absolute Gasteiger partial charge is 0.190 e. The van der Waals surface area contributed by atoms with Gasteiger partial charge in [0.1, 0.15) is 0 Å². The van der Waals surface area contributed by atoms with Gasteiger partial charge in [0, 0.05) is 38.4 Å². The maximum Gasteiger partial charge on any atom is 0.190 e. The molecular formula is C18H25IN4. The molecule has 2 N–H and O–H groups in total. The van der Waals surface area contributed by atoms with Gasteiger partial charge in [0.05, 0.1) is 0 Å². The van der Waals surface area contributed by atoms with E-state index in [0.717, 1.165) is 44.0 Å². The van der Waals surface area contributed by atoms with E-state index in [1.54, 1.807) is 7.05 Å². The summed E-state index contributed by atoms with van der Waals surface area (Å²) in [6, 6.07) is 16.5. The monoisotopic (exact) mass is 424 g/mol. The Labute approximate surface area is 155 Å². The number of nitrogens with zero attached hydrogens (tertiary/aromatic N) is 2. The Morgan fingerprint density at radius 1 is 0.957 bits per heavy atom. The third-order valence-electron chi connectivity index (χ3n) is 3.40. The second-order valence-corrected chi connectivity index (χ2v) is 5.09. The fraction of sp³-hybridized carbons (Fsp3) is 0.333. The molecule has 0 aliphatic heterocycles. The minimum atomic E-state index is 0. The van der Waals surface area contributed by atoms with Gasteiger partial charge in [-0.05, 0) is 30.5 Å². The van der Waals surface area contributed by atoms with E-state index < -0.39 is 0 Å². The summed E-state index contributed by atoms with van der Waals surface area (Å²) in [5.74, 6) is 0.851. The van der Waals surface area contributed by atoms with Crippen LogP contribution in [0.1, 0.15) is 17.7 Å². The summed E-state index contributed by atoms with van der Waals surface area (Å²) in [6.07, 6.45) is 4.89. The molecule has 0 aliphatic rings. The number of hydrogen-bond donors (Lipinski definition) is 2. The van der Waals surface area contributed by atoms with Crippen molar-refractivity contribution in [1.29, 1.82) is 0 Å². The second-order valence-electron chi connectivity index (χ2n) is 5.09. The van der Waals surface area contributed by atoms with Gasteiger partial charge in [0.2, 0.25) is 0 Å². The van der Waals surface area contributed by atoms with Gasteiger partial charge in [0.25, 0.3) is 0 Å². The lowest BCUT2D eigenvalue weighted by atomic mass is 10.1. The van der Waals surface area contributed by atoms with Crippen LogP contribution in [0.15, 0.2) is 59.7 Å². The van der Waals surface area contributed by atoms with Crippen molar-refractivity contribution >= 4 is 29.9 Å². The topological polar surface area (TPSA) is 49.3 Å². The van der Waals surface area contributed by atoms with E-state index in [1.807, 2.05) is 24.4 Å². The largest absolute Gasteiger partial charge is 0.356 e. The summed E-state index contributed by atoms with van der Waals surface area (Å²) in [4.78, 5) is 8.55. The molecule has 0 radical (unpaired) electrons. The van der Waals surface area contributed by atoms with Crippen LogP contribution in [-0.2, 0) is 12.8 Å². The Balaban J connectivity index is 0.00000264. The summed E-state index contributed by atoms with van der Waals surface area (Å²) in [7, 11) is 1.80. The Bertz CT molecular complexity index is 558. The number of halogens is 1. The quantitative estimate of drug-likeness (QED) is 0.311. The number of hydrogen-bond acceptors (Lipinski definition) is 2. The van der Waals surface area contributed by atoms with Gasteiger partial charge in [0.15, 0.2) is 5.96 Å². The average molecular weight is 424 g/mol. The van der Waals surface area contributed by atoms with Crippen molar-refractivity contribution in [3.8, 4) is 0 Å². The van der Waals surface area contributed by atoms with Gasteiger partial charge in [-0.15, -0.1) is 24.0 Å². The number of rotatable bonds is 7. The zero-order valence-electron chi connectivity index (χ0n) is 13.5. The fourth-order valence-electron chi connectivity index (χ4n) is 2.22. The predicted octanol–water partition coefficient (Wildman–Crippen LogP) is 3.04. The molecule has 0 fully saturated rings. The van der Waals surface area contributed by atoms with Crippen molar-refractivity contribution in [1.82, 2.24) is 15.6 Å². The van der Waals surface area contributed by atoms with Crippen LogP contribution in [0, 0.1) is 0 Å². The van der Waals surface area contributed by atoms with Crippen LogP contribution in [0.3, 0.4) is 0 Å². The van der Waals surface area contributed by atoms with Crippen LogP contribution in [0.5, 0.6) is 0 Å². The van der Waals surface area contributed by atoms with Crippen LogP contribution in [0.4, 0.5) is 0 Å². The van der Waals surface area contributed by atoms with E-state index >= 15 is 0 Å². The average Bonchev–Trinajstić information content (AvgIpc) is 2.59. The van der Waals surface area contributed by atoms with E-state index in [-0.39, 0.29) is 24.0 Å². The van der Waals surface area contributed by atoms with Gasteiger partial charge >= 0.3 is 0 Å². The van der Waals surface area contributed by atoms with Gasteiger partial charge in [-0.1, -0.05) is 36.4 Å². The minimum Gasteiger partial charge on any atom is -0.356 e. The van der Waals surface area contributed by atoms with Crippen molar-refractivity contribution in [3.63, 3.8) is 0 Å². The normalized spacial score (nSPS) is 10.7. The fourth-order valence-corrected chi connectivity index (χ4v) is 2.22. The number of aryl methyl sites for hydroxylation is 1. The molecule has 0 unspecified atom stereocenters. The Morgan fingerprint density at radius 3 is 2.39 bits per heavy atom. The highest BCUT2D eigenvalue weighted by molar-refractivity contribution is 14.0. The molecule has 0 atom stereocenters. The maximum absolute atomic E-state index is 4.31. The van der Waals surface area contributed by atoms with Crippen molar-refractivity contribution in [2.45, 2.75) is 19.3 Å². The van der Waals surface area contributed by atoms with E-state index in [0.29, 0.717) is 0 Å². The number of benzene rings is 1. The molecule has 0 saturated carbocycles. The Hall–Kier alpha value is -1.63. The van der Waals surface area contributed by atoms with Crippen molar-refractivity contribution < 1.29 is 0 Å². The molecule has 0 bridgehead atoms. The molecule has 1 heterocycles. The lowest BCUT2D eigenvalue weighted by molar-refractivity contribution is 0.736. The first-order valence-corrected chi connectivity index (χ1v) is 7.77. The molecule has 2 aromatic rings. The molecule has 0 saturated heterocycles. The molecular weight excluding hydrogens is 399 g/mol. The summed E-state index contributed by atoms with van der Waals surface area (Å²) < 4.78 is 0. The maximum atomic E-state index is 4.31. The summed E-state index contributed by atoms with van der Waals surface area (Å²) in [6.45, 7) is 1.74. The highest BCUT2D eigenvalue weighted by Gasteiger charge is 1.98. The zero-order chi connectivity index (χ0) is 15.5. The number of nitrogens with one attached hydrogen (secondary N) is 2. The van der Waals surface area contributed by atoms with Crippen LogP contribution >= 0.6 is 24.0 Å². The highest BCUT2D eigenvalue weighted by Crippen LogP contribution is 2.01. The lowest BCUT2D eigenvalue weighted by Crippen LogP contribution is -2.38. The van der Waals surface area contributed by atoms with Crippen LogP contribution in [0.2, 0.25) is 0 Å². The van der Waals surface area contributed by atoms with Gasteiger partial charge < -0.3 is 10.6 Å². The molecule has 1 aromatic heterocycles. The SMILES string of the molecule is CN=C(NCCCc1ccccc1)NCCc1ccccn1.I. The van der Waals surface area contributed by atoms with E-state index in [1.165, 1.54) is 5.56 Å². The molecule has 4 nitrogen and oxygen atoms in total. The first-order chi connectivity index (χ1) is 10.9. The third kappa shape index (κ3) is 7.97. The molecule has 2 rings (SSSR count). The first kappa shape index (κ1) is 19.4. The standard InChI is InChI=1S/C18H24N4.HI/c1-19-18(22-15-12-17-11-5-6-13-20-17)21-14-7-10-16-8-3-2-4-9-16;/h2-6,8-9,11,13H,7,10,12,14-15H2,1H3,(H2,19,21,22);1H. The second kappa shape index (κ2) is 11.9. The molecule has 5 heteroatoms. The van der Waals surface area contributed by atoms with Crippen molar-refractivity contribution in [2.75, 3.05) is 20.1 Å². The number of pyridine rings is 1. The van der Waals surface area contributed by atoms with Crippen molar-refractivity contribution in [3.05, 3.63) is 66.0 Å². The van der Waals surface area contributed by atoms with Gasteiger partial charge in [-0.25, -0.2) is 0 Å². The third-order valence-corrected chi connectivity index (χ3v) is 3.40. The van der Waals surface area contributed by atoms with Crippen LogP contribution in [-0.4, -0.2) is 31.1 Å². The van der Waals surface area contributed by atoms with Gasteiger partial charge in [-0.2, -0.15) is 0 Å². The lowest BCUT2D eigenvalue weighted by Gasteiger charge is -2.11. The Kier molecular flexibility index (Phi) is 10.0. The highest BCUT2D eigenvalue weighted by atomic mass is 127. The Morgan fingerprint density at radius 2 is 1.70 bits per heavy atom. The summed E-state index contributed by atoms with van der Waals surface area (Å²) in [5.41, 5.74) is 2.47. The van der Waals surface area contributed by atoms with Crippen LogP contribution in [0.25, 0.3) is 0 Å². The molecule has 0 amide bonds. The predicted molar refractivity (Wildman–Crippen MR) is 107 cm³/mol. The molecule has 124 valence electrons. The minimum absolute atomic E-state index is 0. The van der Waals surface area contributed by atoms with Gasteiger partial charge in [-0.3, -0.25) is 9.98 Å². The van der Waals surface area contributed by atoms with E-state index in [9.17, 15) is 0 Å². The first-order valence-electron chi connectivity index (χ1n) is 7.77. The molecule has 0 spiro atoms. The molecule has 23 heavy (non-hydrogen) atoms. The van der Waals surface area contributed by atoms with E-state index in [4.69, 9.17) is 0 Å². The zero-order valence-corrected chi connectivity index (χ0v) is 15.9.